The lowest BCUT2D eigenvalue weighted by Gasteiger charge is -2.05. The largest absolute Gasteiger partial charge is 0.351 e. The highest BCUT2D eigenvalue weighted by atomic mass is 79.9. The van der Waals surface area contributed by atoms with Crippen molar-refractivity contribution < 1.29 is 4.79 Å². The maximum absolute atomic E-state index is 11.6. The quantitative estimate of drug-likeness (QED) is 0.655. The van der Waals surface area contributed by atoms with Crippen LogP contribution in [0, 0.1) is 0 Å². The third-order valence-electron chi connectivity index (χ3n) is 2.02. The number of nitrogens with zero attached hydrogens (tertiary/aromatic N) is 1. The van der Waals surface area contributed by atoms with Crippen LogP contribution < -0.4 is 5.32 Å². The highest BCUT2D eigenvalue weighted by molar-refractivity contribution is 9.10. The summed E-state index contributed by atoms with van der Waals surface area (Å²) in [5.74, 6) is -0.116. The van der Waals surface area contributed by atoms with Crippen LogP contribution in [0.3, 0.4) is 0 Å². The molecule has 0 aliphatic carbocycles. The number of halogens is 2. The fraction of sp³-hybridized carbons (Fsp3) is 0.455. The first-order chi connectivity index (χ1) is 7.59. The Morgan fingerprint density at radius 2 is 2.31 bits per heavy atom. The molecule has 0 bridgehead atoms. The van der Waals surface area contributed by atoms with Gasteiger partial charge in [0, 0.05) is 22.0 Å². The first-order valence-corrected chi connectivity index (χ1v) is 6.84. The molecule has 1 heterocycles. The van der Waals surface area contributed by atoms with E-state index in [-0.39, 0.29) is 5.91 Å². The minimum Gasteiger partial charge on any atom is -0.351 e. The molecule has 1 amide bonds. The van der Waals surface area contributed by atoms with E-state index < -0.39 is 0 Å². The predicted molar refractivity (Wildman–Crippen MR) is 71.9 cm³/mol. The van der Waals surface area contributed by atoms with Gasteiger partial charge in [-0.2, -0.15) is 0 Å². The molecule has 0 radical (unpaired) electrons. The number of amides is 1. The molecule has 0 aliphatic heterocycles. The predicted octanol–water partition coefficient (Wildman–Crippen LogP) is 3.14. The number of hydrogen-bond donors (Lipinski definition) is 1. The van der Waals surface area contributed by atoms with Gasteiger partial charge in [-0.15, -0.1) is 0 Å². The molecule has 0 saturated heterocycles. The molecule has 1 aromatic rings. The summed E-state index contributed by atoms with van der Waals surface area (Å²) in [7, 11) is 0. The van der Waals surface area contributed by atoms with Crippen molar-refractivity contribution in [1.29, 1.82) is 0 Å². The molecule has 0 spiro atoms. The number of carbonyl (C=O) groups excluding carboxylic acids is 1. The Kier molecular flexibility index (Phi) is 5.98. The van der Waals surface area contributed by atoms with E-state index >= 15 is 0 Å². The Balaban J connectivity index is 2.32. The lowest BCUT2D eigenvalue weighted by Crippen LogP contribution is -2.25. The van der Waals surface area contributed by atoms with Gasteiger partial charge < -0.3 is 5.32 Å². The van der Waals surface area contributed by atoms with Gasteiger partial charge in [0.1, 0.15) is 5.69 Å². The lowest BCUT2D eigenvalue weighted by molar-refractivity contribution is 0.0948. The molecule has 1 atom stereocenters. The van der Waals surface area contributed by atoms with E-state index in [4.69, 9.17) is 0 Å². The Morgan fingerprint density at radius 1 is 1.56 bits per heavy atom. The summed E-state index contributed by atoms with van der Waals surface area (Å²) < 4.78 is 0.872. The van der Waals surface area contributed by atoms with Crippen LogP contribution in [0.25, 0.3) is 0 Å². The summed E-state index contributed by atoms with van der Waals surface area (Å²) >= 11 is 6.74. The monoisotopic (exact) mass is 348 g/mol. The summed E-state index contributed by atoms with van der Waals surface area (Å²) in [5, 5.41) is 2.84. The van der Waals surface area contributed by atoms with Gasteiger partial charge in [0.05, 0.1) is 0 Å². The van der Waals surface area contributed by atoms with Gasteiger partial charge in [0.25, 0.3) is 5.91 Å². The number of pyridine rings is 1. The maximum Gasteiger partial charge on any atom is 0.269 e. The zero-order valence-electron chi connectivity index (χ0n) is 9.04. The second kappa shape index (κ2) is 7.01. The zero-order chi connectivity index (χ0) is 12.0. The molecule has 1 aromatic heterocycles. The van der Waals surface area contributed by atoms with Gasteiger partial charge >= 0.3 is 0 Å². The molecule has 3 nitrogen and oxygen atoms in total. The van der Waals surface area contributed by atoms with E-state index in [0.29, 0.717) is 17.1 Å². The summed E-state index contributed by atoms with van der Waals surface area (Å²) in [6, 6.07) is 3.51. The second-order valence-electron chi connectivity index (χ2n) is 3.54. The molecule has 16 heavy (non-hydrogen) atoms. The summed E-state index contributed by atoms with van der Waals surface area (Å²) in [6.07, 6.45) is 3.64. The van der Waals surface area contributed by atoms with Crippen molar-refractivity contribution in [3.63, 3.8) is 0 Å². The molecular weight excluding hydrogens is 336 g/mol. The number of nitrogens with one attached hydrogen (secondary N) is 1. The highest BCUT2D eigenvalue weighted by Gasteiger charge is 2.05. The van der Waals surface area contributed by atoms with Crippen LogP contribution in [0.2, 0.25) is 0 Å². The van der Waals surface area contributed by atoms with Gasteiger partial charge in [-0.05, 0) is 40.9 Å². The van der Waals surface area contributed by atoms with Crippen LogP contribution in [-0.4, -0.2) is 22.3 Å². The minimum atomic E-state index is -0.116. The minimum absolute atomic E-state index is 0.116. The zero-order valence-corrected chi connectivity index (χ0v) is 12.2. The van der Waals surface area contributed by atoms with Crippen molar-refractivity contribution in [1.82, 2.24) is 10.3 Å². The third-order valence-corrected chi connectivity index (χ3v) is 2.95. The topological polar surface area (TPSA) is 42.0 Å². The smallest absolute Gasteiger partial charge is 0.269 e. The molecule has 0 saturated carbocycles. The number of alkyl halides is 1. The Morgan fingerprint density at radius 3 is 2.88 bits per heavy atom. The summed E-state index contributed by atoms with van der Waals surface area (Å²) in [6.45, 7) is 2.78. The first kappa shape index (κ1) is 13.6. The molecule has 88 valence electrons. The van der Waals surface area contributed by atoms with Gasteiger partial charge in [-0.25, -0.2) is 4.98 Å². The number of rotatable bonds is 5. The van der Waals surface area contributed by atoms with E-state index in [1.807, 2.05) is 6.07 Å². The van der Waals surface area contributed by atoms with E-state index in [1.165, 1.54) is 0 Å². The Bertz CT molecular complexity index is 338. The average Bonchev–Trinajstić information content (AvgIpc) is 2.25. The van der Waals surface area contributed by atoms with Crippen molar-refractivity contribution in [3.8, 4) is 0 Å². The molecule has 5 heteroatoms. The van der Waals surface area contributed by atoms with Crippen molar-refractivity contribution in [2.24, 2.45) is 0 Å². The molecule has 1 N–H and O–H groups in total. The number of hydrogen-bond acceptors (Lipinski definition) is 2. The third kappa shape index (κ3) is 5.07. The van der Waals surface area contributed by atoms with Crippen LogP contribution in [0.1, 0.15) is 30.3 Å². The van der Waals surface area contributed by atoms with Crippen LogP contribution >= 0.6 is 31.9 Å². The molecule has 0 aliphatic rings. The van der Waals surface area contributed by atoms with E-state index in [9.17, 15) is 4.79 Å². The normalized spacial score (nSPS) is 12.2. The number of aromatic nitrogens is 1. The molecular formula is C11H14Br2N2O. The molecule has 1 rings (SSSR count). The van der Waals surface area contributed by atoms with E-state index in [2.05, 4.69) is 49.1 Å². The first-order valence-electron chi connectivity index (χ1n) is 5.13. The molecule has 1 unspecified atom stereocenters. The van der Waals surface area contributed by atoms with Crippen LogP contribution in [0.4, 0.5) is 0 Å². The standard InChI is InChI=1S/C11H14Br2N2O/c1-8(12)3-2-6-14-11(16)10-5-4-9(13)7-15-10/h4-5,7-8H,2-3,6H2,1H3,(H,14,16). The van der Waals surface area contributed by atoms with Crippen molar-refractivity contribution in [2.45, 2.75) is 24.6 Å². The van der Waals surface area contributed by atoms with Gasteiger partial charge in [0.15, 0.2) is 0 Å². The summed E-state index contributed by atoms with van der Waals surface area (Å²) in [4.78, 5) is 16.1. The van der Waals surface area contributed by atoms with Crippen LogP contribution in [0.5, 0.6) is 0 Å². The number of carbonyl (C=O) groups is 1. The fourth-order valence-corrected chi connectivity index (χ4v) is 1.74. The van der Waals surface area contributed by atoms with Gasteiger partial charge in [-0.3, -0.25) is 4.79 Å². The van der Waals surface area contributed by atoms with Crippen molar-refractivity contribution in [3.05, 3.63) is 28.5 Å². The molecule has 0 aromatic carbocycles. The van der Waals surface area contributed by atoms with E-state index in [0.717, 1.165) is 17.3 Å². The molecule has 0 fully saturated rings. The Hall–Kier alpha value is -0.420. The highest BCUT2D eigenvalue weighted by Crippen LogP contribution is 2.08. The SMILES string of the molecule is CC(Br)CCCNC(=O)c1ccc(Br)cn1. The van der Waals surface area contributed by atoms with Crippen molar-refractivity contribution >= 4 is 37.8 Å². The average molecular weight is 350 g/mol. The Labute approximate surface area is 112 Å². The van der Waals surface area contributed by atoms with Crippen molar-refractivity contribution in [2.75, 3.05) is 6.54 Å². The summed E-state index contributed by atoms with van der Waals surface area (Å²) in [5.41, 5.74) is 0.454. The van der Waals surface area contributed by atoms with E-state index in [1.54, 1.807) is 12.3 Å². The van der Waals surface area contributed by atoms with Crippen LogP contribution in [-0.2, 0) is 0 Å². The fourth-order valence-electron chi connectivity index (χ4n) is 1.19. The van der Waals surface area contributed by atoms with Crippen LogP contribution in [0.15, 0.2) is 22.8 Å². The van der Waals surface area contributed by atoms with Gasteiger partial charge in [0.2, 0.25) is 0 Å². The second-order valence-corrected chi connectivity index (χ2v) is 6.02. The maximum atomic E-state index is 11.6. The lowest BCUT2D eigenvalue weighted by atomic mass is 10.2. The van der Waals surface area contributed by atoms with Gasteiger partial charge in [-0.1, -0.05) is 22.9 Å².